The molecule has 0 spiro atoms. The van der Waals surface area contributed by atoms with E-state index < -0.39 is 0 Å². The van der Waals surface area contributed by atoms with Crippen molar-refractivity contribution in [2.45, 2.75) is 52.3 Å². The van der Waals surface area contributed by atoms with Gasteiger partial charge in [0.25, 0.3) is 0 Å². The van der Waals surface area contributed by atoms with Gasteiger partial charge in [0.05, 0.1) is 35.2 Å². The smallest absolute Gasteiger partial charge is 0.0835 e. The minimum Gasteiger partial charge on any atom is -0.374 e. The molecule has 1 heterocycles. The predicted octanol–water partition coefficient (Wildman–Crippen LogP) is 3.02. The van der Waals surface area contributed by atoms with Crippen LogP contribution in [0.2, 0.25) is 5.02 Å². The highest BCUT2D eigenvalue weighted by Crippen LogP contribution is 2.24. The van der Waals surface area contributed by atoms with Crippen LogP contribution in [0, 0.1) is 0 Å². The molecule has 1 atom stereocenters. The van der Waals surface area contributed by atoms with Gasteiger partial charge in [-0.25, -0.2) is 0 Å². The molecule has 0 bridgehead atoms. The maximum Gasteiger partial charge on any atom is 0.0835 e. The summed E-state index contributed by atoms with van der Waals surface area (Å²) in [4.78, 5) is 0. The Bertz CT molecular complexity index is 371. The van der Waals surface area contributed by atoms with Crippen molar-refractivity contribution in [1.29, 1.82) is 0 Å². The number of aryl methyl sites for hydroxylation is 1. The number of rotatable bonds is 6. The third kappa shape index (κ3) is 4.26. The Morgan fingerprint density at radius 3 is 2.67 bits per heavy atom. The first-order valence-electron chi connectivity index (χ1n) is 6.41. The average molecular weight is 274 g/mol. The van der Waals surface area contributed by atoms with Gasteiger partial charge in [-0.05, 0) is 34.2 Å². The van der Waals surface area contributed by atoms with Crippen molar-refractivity contribution in [3.8, 4) is 0 Å². The monoisotopic (exact) mass is 273 g/mol. The summed E-state index contributed by atoms with van der Waals surface area (Å²) in [6.45, 7) is 9.71. The van der Waals surface area contributed by atoms with Crippen LogP contribution in [0.3, 0.4) is 0 Å². The van der Waals surface area contributed by atoms with Gasteiger partial charge in [-0.15, -0.1) is 0 Å². The van der Waals surface area contributed by atoms with E-state index in [9.17, 15) is 0 Å². The third-order valence-electron chi connectivity index (χ3n) is 2.63. The molecule has 0 saturated carbocycles. The number of likely N-dealkylation sites (N-methyl/N-ethyl adjacent to an activating group) is 1. The van der Waals surface area contributed by atoms with E-state index in [1.807, 2.05) is 32.5 Å². The zero-order valence-electron chi connectivity index (χ0n) is 12.0. The Labute approximate surface area is 115 Å². The van der Waals surface area contributed by atoms with Crippen molar-refractivity contribution >= 4 is 11.6 Å². The second-order valence-electron chi connectivity index (χ2n) is 5.37. The van der Waals surface area contributed by atoms with Crippen molar-refractivity contribution < 1.29 is 4.74 Å². The van der Waals surface area contributed by atoms with Crippen LogP contribution in [0.15, 0.2) is 6.20 Å². The summed E-state index contributed by atoms with van der Waals surface area (Å²) in [5.41, 5.74) is 0.849. The molecule has 5 heteroatoms. The molecule has 0 aliphatic carbocycles. The van der Waals surface area contributed by atoms with Crippen LogP contribution >= 0.6 is 11.6 Å². The van der Waals surface area contributed by atoms with E-state index in [0.29, 0.717) is 11.6 Å². The largest absolute Gasteiger partial charge is 0.374 e. The molecule has 0 aliphatic rings. The van der Waals surface area contributed by atoms with Gasteiger partial charge in [0.1, 0.15) is 0 Å². The Hall–Kier alpha value is -0.580. The Morgan fingerprint density at radius 2 is 2.17 bits per heavy atom. The number of nitrogens with one attached hydrogen (secondary N) is 1. The van der Waals surface area contributed by atoms with Crippen LogP contribution in [0.5, 0.6) is 0 Å². The molecule has 0 saturated heterocycles. The quantitative estimate of drug-likeness (QED) is 0.866. The van der Waals surface area contributed by atoms with Crippen LogP contribution in [0.25, 0.3) is 0 Å². The topological polar surface area (TPSA) is 39.1 Å². The highest BCUT2D eigenvalue weighted by molar-refractivity contribution is 6.31. The van der Waals surface area contributed by atoms with Crippen molar-refractivity contribution in [1.82, 2.24) is 15.1 Å². The van der Waals surface area contributed by atoms with Gasteiger partial charge >= 0.3 is 0 Å². The van der Waals surface area contributed by atoms with E-state index >= 15 is 0 Å². The van der Waals surface area contributed by atoms with Gasteiger partial charge in [-0.1, -0.05) is 18.5 Å². The van der Waals surface area contributed by atoms with E-state index in [2.05, 4.69) is 17.3 Å². The van der Waals surface area contributed by atoms with Crippen LogP contribution in [0.4, 0.5) is 0 Å². The van der Waals surface area contributed by atoms with E-state index in [1.165, 1.54) is 0 Å². The average Bonchev–Trinajstić information content (AvgIpc) is 2.62. The molecule has 0 radical (unpaired) electrons. The molecule has 0 fully saturated rings. The summed E-state index contributed by atoms with van der Waals surface area (Å²) in [6.07, 6.45) is 2.73. The van der Waals surface area contributed by atoms with Gasteiger partial charge in [-0.3, -0.25) is 4.68 Å². The van der Waals surface area contributed by atoms with Crippen LogP contribution < -0.4 is 5.32 Å². The molecule has 0 aliphatic heterocycles. The first kappa shape index (κ1) is 15.5. The maximum absolute atomic E-state index is 6.23. The number of halogens is 1. The van der Waals surface area contributed by atoms with Gasteiger partial charge in [0.2, 0.25) is 0 Å². The van der Waals surface area contributed by atoms with Gasteiger partial charge in [-0.2, -0.15) is 5.10 Å². The fourth-order valence-electron chi connectivity index (χ4n) is 1.74. The molecular weight excluding hydrogens is 250 g/mol. The highest BCUT2D eigenvalue weighted by atomic mass is 35.5. The van der Waals surface area contributed by atoms with E-state index in [0.717, 1.165) is 18.7 Å². The summed E-state index contributed by atoms with van der Waals surface area (Å²) in [6, 6.07) is 0.0609. The fraction of sp³-hybridized carbons (Fsp3) is 0.769. The molecular formula is C13H24ClN3O. The summed E-state index contributed by atoms with van der Waals surface area (Å²) >= 11 is 6.23. The standard InChI is InChI=1S/C13H24ClN3O/c1-6-7-17-12(10(14)8-16-17)11(15-5)9-18-13(2,3)4/h8,11,15H,6-7,9H2,1-5H3. The summed E-state index contributed by atoms with van der Waals surface area (Å²) in [5.74, 6) is 0. The van der Waals surface area contributed by atoms with Crippen molar-refractivity contribution in [3.63, 3.8) is 0 Å². The van der Waals surface area contributed by atoms with E-state index in [4.69, 9.17) is 16.3 Å². The summed E-state index contributed by atoms with van der Waals surface area (Å²) < 4.78 is 7.79. The second-order valence-corrected chi connectivity index (χ2v) is 5.77. The molecule has 104 valence electrons. The number of ether oxygens (including phenoxy) is 1. The lowest BCUT2D eigenvalue weighted by atomic mass is 10.1. The molecule has 1 aromatic rings. The Balaban J connectivity index is 2.84. The van der Waals surface area contributed by atoms with Gasteiger partial charge in [0.15, 0.2) is 0 Å². The van der Waals surface area contributed by atoms with Gasteiger partial charge < -0.3 is 10.1 Å². The Kier molecular flexibility index (Phi) is 5.63. The van der Waals surface area contributed by atoms with Crippen LogP contribution in [-0.2, 0) is 11.3 Å². The molecule has 1 N–H and O–H groups in total. The van der Waals surface area contributed by atoms with E-state index in [1.54, 1.807) is 6.20 Å². The minimum atomic E-state index is -0.156. The minimum absolute atomic E-state index is 0.0609. The predicted molar refractivity (Wildman–Crippen MR) is 75.0 cm³/mol. The Morgan fingerprint density at radius 1 is 1.50 bits per heavy atom. The summed E-state index contributed by atoms with van der Waals surface area (Å²) in [5, 5.41) is 8.25. The molecule has 4 nitrogen and oxygen atoms in total. The summed E-state index contributed by atoms with van der Waals surface area (Å²) in [7, 11) is 1.91. The number of aromatic nitrogens is 2. The second kappa shape index (κ2) is 6.55. The highest BCUT2D eigenvalue weighted by Gasteiger charge is 2.21. The first-order valence-corrected chi connectivity index (χ1v) is 6.79. The maximum atomic E-state index is 6.23. The van der Waals surface area contributed by atoms with Gasteiger partial charge in [0, 0.05) is 6.54 Å². The van der Waals surface area contributed by atoms with Crippen molar-refractivity contribution in [2.24, 2.45) is 0 Å². The van der Waals surface area contributed by atoms with Crippen molar-refractivity contribution in [3.05, 3.63) is 16.9 Å². The zero-order valence-corrected chi connectivity index (χ0v) is 12.7. The van der Waals surface area contributed by atoms with Crippen LogP contribution in [0.1, 0.15) is 45.9 Å². The molecule has 18 heavy (non-hydrogen) atoms. The van der Waals surface area contributed by atoms with Crippen LogP contribution in [-0.4, -0.2) is 29.0 Å². The first-order chi connectivity index (χ1) is 8.39. The molecule has 1 rings (SSSR count). The number of hydrogen-bond acceptors (Lipinski definition) is 3. The number of hydrogen-bond donors (Lipinski definition) is 1. The third-order valence-corrected chi connectivity index (χ3v) is 2.92. The zero-order chi connectivity index (χ0) is 13.8. The fourth-order valence-corrected chi connectivity index (χ4v) is 2.01. The lowest BCUT2D eigenvalue weighted by molar-refractivity contribution is -0.0149. The molecule has 1 aromatic heterocycles. The molecule has 0 aromatic carbocycles. The molecule has 1 unspecified atom stereocenters. The lowest BCUT2D eigenvalue weighted by Crippen LogP contribution is -2.30. The number of nitrogens with zero attached hydrogens (tertiary/aromatic N) is 2. The SMILES string of the molecule is CCCn1ncc(Cl)c1C(COC(C)(C)C)NC. The van der Waals surface area contributed by atoms with E-state index in [-0.39, 0.29) is 11.6 Å². The van der Waals surface area contributed by atoms with Crippen molar-refractivity contribution in [2.75, 3.05) is 13.7 Å². The molecule has 0 amide bonds. The lowest BCUT2D eigenvalue weighted by Gasteiger charge is -2.25. The normalized spacial score (nSPS) is 13.9.